The highest BCUT2D eigenvalue weighted by Crippen LogP contribution is 2.21. The molecule has 0 saturated carbocycles. The molecule has 0 fully saturated rings. The Hall–Kier alpha value is -0.380. The molecule has 0 aromatic heterocycles. The van der Waals surface area contributed by atoms with Crippen LogP contribution in [0.3, 0.4) is 0 Å². The molecule has 0 heterocycles. The first-order valence-electron chi connectivity index (χ1n) is 6.69. The molecule has 1 aromatic rings. The van der Waals surface area contributed by atoms with Gasteiger partial charge in [-0.15, -0.1) is 0 Å². The summed E-state index contributed by atoms with van der Waals surface area (Å²) in [4.78, 5) is 0. The second-order valence-corrected chi connectivity index (χ2v) is 6.10. The first kappa shape index (κ1) is 15.7. The molecule has 0 aliphatic rings. The second kappa shape index (κ2) is 7.93. The minimum atomic E-state index is 0.179. The summed E-state index contributed by atoms with van der Waals surface area (Å²) in [6, 6.07) is 8.89. The van der Waals surface area contributed by atoms with Gasteiger partial charge in [-0.1, -0.05) is 48.8 Å². The van der Waals surface area contributed by atoms with Crippen molar-refractivity contribution in [2.45, 2.75) is 45.7 Å². The third-order valence-corrected chi connectivity index (χ3v) is 3.62. The average molecular weight is 314 g/mol. The Bertz CT molecular complexity index is 337. The minimum Gasteiger partial charge on any atom is -0.395 e. The number of rotatable bonds is 7. The van der Waals surface area contributed by atoms with E-state index in [9.17, 15) is 5.11 Å². The van der Waals surface area contributed by atoms with Gasteiger partial charge < -0.3 is 10.4 Å². The minimum absolute atomic E-state index is 0.179. The SMILES string of the molecule is CCC(NC(CO)CC(C)C)c1ccc(Br)cc1. The standard InChI is InChI=1S/C15H24BrNO/c1-4-15(12-5-7-13(16)8-6-12)17-14(10-18)9-11(2)3/h5-8,11,14-15,17-18H,4,9-10H2,1-3H3. The topological polar surface area (TPSA) is 32.3 Å². The van der Waals surface area contributed by atoms with Crippen molar-refractivity contribution in [3.8, 4) is 0 Å². The summed E-state index contributed by atoms with van der Waals surface area (Å²) in [6.45, 7) is 6.74. The Kier molecular flexibility index (Phi) is 6.90. The molecule has 0 spiro atoms. The van der Waals surface area contributed by atoms with Crippen molar-refractivity contribution in [3.05, 3.63) is 34.3 Å². The van der Waals surface area contributed by atoms with E-state index >= 15 is 0 Å². The largest absolute Gasteiger partial charge is 0.395 e. The predicted octanol–water partition coefficient (Wildman–Crippen LogP) is 3.90. The van der Waals surface area contributed by atoms with Gasteiger partial charge in [-0.3, -0.25) is 0 Å². The van der Waals surface area contributed by atoms with Crippen LogP contribution >= 0.6 is 15.9 Å². The van der Waals surface area contributed by atoms with Crippen LogP contribution in [0, 0.1) is 5.92 Å². The molecular weight excluding hydrogens is 290 g/mol. The van der Waals surface area contributed by atoms with Crippen molar-refractivity contribution in [1.82, 2.24) is 5.32 Å². The lowest BCUT2D eigenvalue weighted by atomic mass is 10.00. The van der Waals surface area contributed by atoms with Gasteiger partial charge in [0.05, 0.1) is 6.61 Å². The van der Waals surface area contributed by atoms with Crippen LogP contribution in [0.4, 0.5) is 0 Å². The third kappa shape index (κ3) is 5.09. The van der Waals surface area contributed by atoms with Crippen molar-refractivity contribution in [2.24, 2.45) is 5.92 Å². The van der Waals surface area contributed by atoms with Crippen LogP contribution in [0.5, 0.6) is 0 Å². The zero-order valence-electron chi connectivity index (χ0n) is 11.5. The molecule has 2 N–H and O–H groups in total. The van der Waals surface area contributed by atoms with Crippen molar-refractivity contribution >= 4 is 15.9 Å². The molecule has 0 aliphatic carbocycles. The fourth-order valence-corrected chi connectivity index (χ4v) is 2.46. The van der Waals surface area contributed by atoms with E-state index in [0.29, 0.717) is 12.0 Å². The summed E-state index contributed by atoms with van der Waals surface area (Å²) >= 11 is 3.45. The molecule has 18 heavy (non-hydrogen) atoms. The van der Waals surface area contributed by atoms with Gasteiger partial charge in [-0.25, -0.2) is 0 Å². The van der Waals surface area contributed by atoms with Crippen molar-refractivity contribution in [1.29, 1.82) is 0 Å². The Morgan fingerprint density at radius 2 is 1.83 bits per heavy atom. The third-order valence-electron chi connectivity index (χ3n) is 3.09. The summed E-state index contributed by atoms with van der Waals surface area (Å²) < 4.78 is 1.10. The first-order chi connectivity index (χ1) is 8.56. The maximum Gasteiger partial charge on any atom is 0.0584 e. The van der Waals surface area contributed by atoms with Crippen LogP contribution in [-0.2, 0) is 0 Å². The number of hydrogen-bond donors (Lipinski definition) is 2. The monoisotopic (exact) mass is 313 g/mol. The molecule has 2 atom stereocenters. The molecule has 2 unspecified atom stereocenters. The molecule has 3 heteroatoms. The molecule has 0 bridgehead atoms. The van der Waals surface area contributed by atoms with Gasteiger partial charge >= 0.3 is 0 Å². The molecule has 0 saturated heterocycles. The van der Waals surface area contributed by atoms with Gasteiger partial charge in [-0.05, 0) is 36.5 Å². The smallest absolute Gasteiger partial charge is 0.0584 e. The van der Waals surface area contributed by atoms with E-state index in [2.05, 4.69) is 66.3 Å². The summed E-state index contributed by atoms with van der Waals surface area (Å²) in [5.41, 5.74) is 1.28. The number of aliphatic hydroxyl groups is 1. The van der Waals surface area contributed by atoms with Crippen LogP contribution < -0.4 is 5.32 Å². The van der Waals surface area contributed by atoms with E-state index in [-0.39, 0.29) is 12.6 Å². The molecule has 102 valence electrons. The number of nitrogens with one attached hydrogen (secondary N) is 1. The summed E-state index contributed by atoms with van der Waals surface area (Å²) in [6.07, 6.45) is 2.03. The number of aliphatic hydroxyl groups excluding tert-OH is 1. The van der Waals surface area contributed by atoms with Gasteiger partial charge in [0, 0.05) is 16.6 Å². The zero-order chi connectivity index (χ0) is 13.5. The maximum absolute atomic E-state index is 9.44. The molecule has 0 amide bonds. The zero-order valence-corrected chi connectivity index (χ0v) is 13.1. The van der Waals surface area contributed by atoms with Crippen molar-refractivity contribution in [3.63, 3.8) is 0 Å². The quantitative estimate of drug-likeness (QED) is 0.800. The molecular formula is C15H24BrNO. The van der Waals surface area contributed by atoms with Crippen LogP contribution in [0.15, 0.2) is 28.7 Å². The molecule has 0 radical (unpaired) electrons. The highest BCUT2D eigenvalue weighted by molar-refractivity contribution is 9.10. The van der Waals surface area contributed by atoms with Crippen molar-refractivity contribution in [2.75, 3.05) is 6.61 Å². The number of halogens is 1. The molecule has 0 aliphatic heterocycles. The fourth-order valence-electron chi connectivity index (χ4n) is 2.19. The van der Waals surface area contributed by atoms with Gasteiger partial charge in [0.15, 0.2) is 0 Å². The Morgan fingerprint density at radius 1 is 1.22 bits per heavy atom. The van der Waals surface area contributed by atoms with Crippen molar-refractivity contribution < 1.29 is 5.11 Å². The van der Waals surface area contributed by atoms with E-state index in [1.165, 1.54) is 5.56 Å². The highest BCUT2D eigenvalue weighted by Gasteiger charge is 2.16. The number of benzene rings is 1. The Balaban J connectivity index is 2.68. The van der Waals surface area contributed by atoms with E-state index in [0.717, 1.165) is 17.3 Å². The lowest BCUT2D eigenvalue weighted by molar-refractivity contribution is 0.211. The summed E-state index contributed by atoms with van der Waals surface area (Å²) in [5.74, 6) is 0.595. The fraction of sp³-hybridized carbons (Fsp3) is 0.600. The summed E-state index contributed by atoms with van der Waals surface area (Å²) in [7, 11) is 0. The van der Waals surface area contributed by atoms with Crippen LogP contribution in [-0.4, -0.2) is 17.8 Å². The van der Waals surface area contributed by atoms with E-state index in [4.69, 9.17) is 0 Å². The Morgan fingerprint density at radius 3 is 2.28 bits per heavy atom. The normalized spacial score (nSPS) is 14.8. The first-order valence-corrected chi connectivity index (χ1v) is 7.48. The van der Waals surface area contributed by atoms with Crippen LogP contribution in [0.1, 0.15) is 45.2 Å². The maximum atomic E-state index is 9.44. The second-order valence-electron chi connectivity index (χ2n) is 5.19. The number of hydrogen-bond acceptors (Lipinski definition) is 2. The van der Waals surface area contributed by atoms with Gasteiger partial charge in [0.25, 0.3) is 0 Å². The highest BCUT2D eigenvalue weighted by atomic mass is 79.9. The lowest BCUT2D eigenvalue weighted by Gasteiger charge is -2.25. The summed E-state index contributed by atoms with van der Waals surface area (Å²) in [5, 5.41) is 13.0. The average Bonchev–Trinajstić information content (AvgIpc) is 2.35. The lowest BCUT2D eigenvalue weighted by Crippen LogP contribution is -2.36. The molecule has 2 nitrogen and oxygen atoms in total. The van der Waals surface area contributed by atoms with E-state index in [1.807, 2.05) is 0 Å². The van der Waals surface area contributed by atoms with Gasteiger partial charge in [0.1, 0.15) is 0 Å². The molecule has 1 rings (SSSR count). The van der Waals surface area contributed by atoms with Crippen LogP contribution in [0.25, 0.3) is 0 Å². The Labute approximate surface area is 119 Å². The van der Waals surface area contributed by atoms with E-state index in [1.54, 1.807) is 0 Å². The van der Waals surface area contributed by atoms with Gasteiger partial charge in [-0.2, -0.15) is 0 Å². The molecule has 1 aromatic carbocycles. The van der Waals surface area contributed by atoms with Gasteiger partial charge in [0.2, 0.25) is 0 Å². The predicted molar refractivity (Wildman–Crippen MR) is 80.6 cm³/mol. The van der Waals surface area contributed by atoms with Crippen LogP contribution in [0.2, 0.25) is 0 Å². The van der Waals surface area contributed by atoms with E-state index < -0.39 is 0 Å².